The van der Waals surface area contributed by atoms with Crippen LogP contribution in [0.1, 0.15) is 37.6 Å². The van der Waals surface area contributed by atoms with Crippen molar-refractivity contribution in [3.8, 4) is 0 Å². The van der Waals surface area contributed by atoms with Gasteiger partial charge in [-0.1, -0.05) is 63.2 Å². The predicted molar refractivity (Wildman–Crippen MR) is 100 cm³/mol. The van der Waals surface area contributed by atoms with Crippen LogP contribution in [0.3, 0.4) is 0 Å². The van der Waals surface area contributed by atoms with Gasteiger partial charge in [0.1, 0.15) is 5.69 Å². The van der Waals surface area contributed by atoms with E-state index in [2.05, 4.69) is 53.4 Å². The van der Waals surface area contributed by atoms with Crippen molar-refractivity contribution in [3.05, 3.63) is 81.8 Å². The lowest BCUT2D eigenvalue weighted by Crippen LogP contribution is -2.19. The molecule has 2 aromatic carbocycles. The quantitative estimate of drug-likeness (QED) is 0.761. The van der Waals surface area contributed by atoms with E-state index in [1.807, 2.05) is 42.5 Å². The first-order valence-corrected chi connectivity index (χ1v) is 8.29. The van der Waals surface area contributed by atoms with Gasteiger partial charge < -0.3 is 5.32 Å². The lowest BCUT2D eigenvalue weighted by atomic mass is 9.87. The average Bonchev–Trinajstić information content (AvgIpc) is 2.58. The molecule has 0 saturated heterocycles. The maximum absolute atomic E-state index is 12.2. The summed E-state index contributed by atoms with van der Waals surface area (Å²) in [5, 5.41) is 11.2. The van der Waals surface area contributed by atoms with Crippen LogP contribution in [0.5, 0.6) is 0 Å². The first-order valence-electron chi connectivity index (χ1n) is 8.29. The van der Waals surface area contributed by atoms with E-state index in [0.717, 1.165) is 11.3 Å². The minimum Gasteiger partial charge on any atom is -0.324 e. The van der Waals surface area contributed by atoms with Crippen molar-refractivity contribution < 1.29 is 0 Å². The van der Waals surface area contributed by atoms with Gasteiger partial charge in [-0.3, -0.25) is 9.78 Å². The highest BCUT2D eigenvalue weighted by atomic mass is 16.1. The normalized spacial score (nSPS) is 11.3. The fraction of sp³-hybridized carbons (Fsp3) is 0.250. The van der Waals surface area contributed by atoms with E-state index in [1.165, 1.54) is 5.56 Å². The van der Waals surface area contributed by atoms with Gasteiger partial charge >= 0.3 is 0 Å². The molecule has 1 aromatic heterocycles. The molecule has 0 aliphatic heterocycles. The number of H-pyrrole nitrogens is 1. The summed E-state index contributed by atoms with van der Waals surface area (Å²) in [4.78, 5) is 15.0. The maximum Gasteiger partial charge on any atom is 0.274 e. The van der Waals surface area contributed by atoms with Crippen molar-refractivity contribution in [1.29, 1.82) is 0 Å². The summed E-state index contributed by atoms with van der Waals surface area (Å²) in [6, 6.07) is 17.8. The molecule has 0 bridgehead atoms. The number of benzene rings is 2. The third kappa shape index (κ3) is 4.32. The molecular weight excluding hydrogens is 312 g/mol. The van der Waals surface area contributed by atoms with Crippen LogP contribution in [0.4, 0.5) is 11.6 Å². The first kappa shape index (κ1) is 16.9. The van der Waals surface area contributed by atoms with Crippen LogP contribution in [0.15, 0.2) is 59.4 Å². The Labute approximate surface area is 147 Å². The molecule has 0 unspecified atom stereocenters. The summed E-state index contributed by atoms with van der Waals surface area (Å²) in [6.07, 6.45) is 0.462. The van der Waals surface area contributed by atoms with Crippen LogP contribution in [0.25, 0.3) is 0 Å². The Balaban J connectivity index is 1.74. The molecule has 5 nitrogen and oxygen atoms in total. The van der Waals surface area contributed by atoms with Crippen molar-refractivity contribution in [2.45, 2.75) is 32.6 Å². The highest BCUT2D eigenvalue weighted by Gasteiger charge is 2.13. The van der Waals surface area contributed by atoms with Crippen molar-refractivity contribution >= 4 is 11.6 Å². The number of anilines is 2. The molecule has 25 heavy (non-hydrogen) atoms. The molecule has 5 heteroatoms. The molecule has 0 atom stereocenters. The van der Waals surface area contributed by atoms with Crippen molar-refractivity contribution in [1.82, 2.24) is 15.2 Å². The molecule has 0 radical (unpaired) electrons. The topological polar surface area (TPSA) is 70.7 Å². The van der Waals surface area contributed by atoms with Gasteiger partial charge in [-0.05, 0) is 28.7 Å². The van der Waals surface area contributed by atoms with E-state index >= 15 is 0 Å². The number of nitrogens with one attached hydrogen (secondary N) is 2. The lowest BCUT2D eigenvalue weighted by molar-refractivity contribution is 0.590. The molecule has 2 N–H and O–H groups in total. The first-order chi connectivity index (χ1) is 11.9. The van der Waals surface area contributed by atoms with Gasteiger partial charge in [0, 0.05) is 12.1 Å². The van der Waals surface area contributed by atoms with Gasteiger partial charge in [0.15, 0.2) is 0 Å². The molecule has 0 aliphatic carbocycles. The smallest absolute Gasteiger partial charge is 0.274 e. The summed E-state index contributed by atoms with van der Waals surface area (Å²) in [7, 11) is 0. The maximum atomic E-state index is 12.2. The molecule has 0 spiro atoms. The van der Waals surface area contributed by atoms with Gasteiger partial charge in [-0.25, -0.2) is 0 Å². The standard InChI is InChI=1S/C20H22N4O/c1-20(2,3)15-9-11-16(12-10-15)21-19-22-18(25)17(23-24-19)13-14-7-5-4-6-8-14/h4-12H,13H2,1-3H3,(H2,21,22,24,25). The van der Waals surface area contributed by atoms with Gasteiger partial charge in [-0.2, -0.15) is 0 Å². The van der Waals surface area contributed by atoms with Crippen molar-refractivity contribution in [2.75, 3.05) is 5.32 Å². The Hall–Kier alpha value is -2.95. The minimum absolute atomic E-state index is 0.103. The molecule has 3 aromatic rings. The number of nitrogens with zero attached hydrogens (tertiary/aromatic N) is 2. The third-order valence-corrected chi connectivity index (χ3v) is 3.99. The molecule has 0 saturated carbocycles. The van der Waals surface area contributed by atoms with Gasteiger partial charge in [-0.15, -0.1) is 10.2 Å². The highest BCUT2D eigenvalue weighted by Crippen LogP contribution is 2.24. The van der Waals surface area contributed by atoms with E-state index in [0.29, 0.717) is 18.1 Å². The Morgan fingerprint density at radius 2 is 1.64 bits per heavy atom. The largest absolute Gasteiger partial charge is 0.324 e. The zero-order chi connectivity index (χ0) is 17.9. The van der Waals surface area contributed by atoms with E-state index in [4.69, 9.17) is 0 Å². The molecule has 128 valence electrons. The fourth-order valence-electron chi connectivity index (χ4n) is 2.51. The SMILES string of the molecule is CC(C)(C)c1ccc(Nc2nnc(Cc3ccccc3)c(=O)[nH]2)cc1. The zero-order valence-electron chi connectivity index (χ0n) is 14.7. The number of hydrogen-bond donors (Lipinski definition) is 2. The number of aromatic nitrogens is 3. The second-order valence-corrected chi connectivity index (χ2v) is 7.06. The second-order valence-electron chi connectivity index (χ2n) is 7.06. The summed E-state index contributed by atoms with van der Waals surface area (Å²) in [6.45, 7) is 6.51. The number of rotatable bonds is 4. The second kappa shape index (κ2) is 6.89. The highest BCUT2D eigenvalue weighted by molar-refractivity contribution is 5.53. The van der Waals surface area contributed by atoms with Crippen LogP contribution < -0.4 is 10.9 Å². The lowest BCUT2D eigenvalue weighted by Gasteiger charge is -2.19. The summed E-state index contributed by atoms with van der Waals surface area (Å²) < 4.78 is 0. The Morgan fingerprint density at radius 3 is 2.24 bits per heavy atom. The molecule has 0 amide bonds. The van der Waals surface area contributed by atoms with Crippen LogP contribution in [-0.2, 0) is 11.8 Å². The van der Waals surface area contributed by atoms with Gasteiger partial charge in [0.05, 0.1) is 0 Å². The van der Waals surface area contributed by atoms with E-state index in [9.17, 15) is 4.79 Å². The monoisotopic (exact) mass is 334 g/mol. The third-order valence-electron chi connectivity index (χ3n) is 3.99. The fourth-order valence-corrected chi connectivity index (χ4v) is 2.51. The molecule has 0 fully saturated rings. The van der Waals surface area contributed by atoms with E-state index in [-0.39, 0.29) is 11.0 Å². The Kier molecular flexibility index (Phi) is 4.65. The van der Waals surface area contributed by atoms with Crippen LogP contribution >= 0.6 is 0 Å². The van der Waals surface area contributed by atoms with Gasteiger partial charge in [0.25, 0.3) is 5.56 Å². The number of aromatic amines is 1. The van der Waals surface area contributed by atoms with E-state index in [1.54, 1.807) is 0 Å². The van der Waals surface area contributed by atoms with Crippen LogP contribution in [0, 0.1) is 0 Å². The predicted octanol–water partition coefficient (Wildman–Crippen LogP) is 3.80. The summed E-state index contributed by atoms with van der Waals surface area (Å²) in [5.74, 6) is 0.338. The molecule has 1 heterocycles. The molecule has 0 aliphatic rings. The molecule has 3 rings (SSSR count). The Morgan fingerprint density at radius 1 is 0.960 bits per heavy atom. The minimum atomic E-state index is -0.229. The van der Waals surface area contributed by atoms with Gasteiger partial charge in [0.2, 0.25) is 5.95 Å². The summed E-state index contributed by atoms with van der Waals surface area (Å²) >= 11 is 0. The molecular formula is C20H22N4O. The Bertz CT molecular complexity index is 893. The zero-order valence-corrected chi connectivity index (χ0v) is 14.7. The van der Waals surface area contributed by atoms with E-state index < -0.39 is 0 Å². The van der Waals surface area contributed by atoms with Crippen molar-refractivity contribution in [3.63, 3.8) is 0 Å². The summed E-state index contributed by atoms with van der Waals surface area (Å²) in [5.41, 5.74) is 3.41. The number of hydrogen-bond acceptors (Lipinski definition) is 4. The van der Waals surface area contributed by atoms with Crippen molar-refractivity contribution in [2.24, 2.45) is 0 Å². The van der Waals surface area contributed by atoms with Crippen LogP contribution in [0.2, 0.25) is 0 Å². The average molecular weight is 334 g/mol. The van der Waals surface area contributed by atoms with Crippen LogP contribution in [-0.4, -0.2) is 15.2 Å².